The van der Waals surface area contributed by atoms with Gasteiger partial charge in [0.2, 0.25) is 0 Å². The minimum Gasteiger partial charge on any atom is -0.378 e. The SMILES string of the molecule is COCc1csc(C(C)=O)n1. The second kappa shape index (κ2) is 3.59. The van der Waals surface area contributed by atoms with Gasteiger partial charge in [0.1, 0.15) is 0 Å². The maximum atomic E-state index is 10.8. The molecule has 1 aromatic heterocycles. The number of hydrogen-bond donors (Lipinski definition) is 0. The van der Waals surface area contributed by atoms with E-state index in [1.807, 2.05) is 5.38 Å². The van der Waals surface area contributed by atoms with Crippen LogP contribution in [0.3, 0.4) is 0 Å². The number of methoxy groups -OCH3 is 1. The molecular weight excluding hydrogens is 162 g/mol. The molecule has 3 nitrogen and oxygen atoms in total. The van der Waals surface area contributed by atoms with E-state index >= 15 is 0 Å². The van der Waals surface area contributed by atoms with Crippen molar-refractivity contribution in [1.82, 2.24) is 4.98 Å². The fourth-order valence-corrected chi connectivity index (χ4v) is 1.39. The van der Waals surface area contributed by atoms with E-state index in [0.717, 1.165) is 5.69 Å². The third-order valence-electron chi connectivity index (χ3n) is 1.15. The largest absolute Gasteiger partial charge is 0.378 e. The van der Waals surface area contributed by atoms with Gasteiger partial charge < -0.3 is 4.74 Å². The Bertz CT molecular complexity index is 257. The number of carbonyl (C=O) groups excluding carboxylic acids is 1. The van der Waals surface area contributed by atoms with Crippen LogP contribution in [0, 0.1) is 0 Å². The normalized spacial score (nSPS) is 10.0. The number of carbonyl (C=O) groups is 1. The van der Waals surface area contributed by atoms with Crippen molar-refractivity contribution < 1.29 is 9.53 Å². The minimum atomic E-state index is 0.0114. The van der Waals surface area contributed by atoms with Crippen LogP contribution in [-0.2, 0) is 11.3 Å². The lowest BCUT2D eigenvalue weighted by atomic mass is 10.4. The molecule has 4 heteroatoms. The lowest BCUT2D eigenvalue weighted by molar-refractivity contribution is 0.101. The average Bonchev–Trinajstić information content (AvgIpc) is 2.37. The molecule has 0 unspecified atom stereocenters. The Morgan fingerprint density at radius 1 is 1.82 bits per heavy atom. The van der Waals surface area contributed by atoms with Gasteiger partial charge in [-0.2, -0.15) is 0 Å². The molecule has 0 N–H and O–H groups in total. The third-order valence-corrected chi connectivity index (χ3v) is 2.14. The first-order chi connectivity index (χ1) is 5.24. The molecule has 11 heavy (non-hydrogen) atoms. The zero-order valence-corrected chi connectivity index (χ0v) is 7.27. The van der Waals surface area contributed by atoms with Gasteiger partial charge >= 0.3 is 0 Å². The van der Waals surface area contributed by atoms with Crippen molar-refractivity contribution in [2.24, 2.45) is 0 Å². The molecule has 1 aromatic rings. The number of hydrogen-bond acceptors (Lipinski definition) is 4. The van der Waals surface area contributed by atoms with Crippen molar-refractivity contribution in [3.05, 3.63) is 16.1 Å². The molecular formula is C7H9NO2S. The highest BCUT2D eigenvalue weighted by Crippen LogP contribution is 2.10. The van der Waals surface area contributed by atoms with Gasteiger partial charge in [-0.3, -0.25) is 4.79 Å². The Kier molecular flexibility index (Phi) is 2.73. The van der Waals surface area contributed by atoms with Crippen LogP contribution in [0.4, 0.5) is 0 Å². The lowest BCUT2D eigenvalue weighted by Gasteiger charge is -1.89. The molecule has 0 bridgehead atoms. The van der Waals surface area contributed by atoms with Crippen LogP contribution < -0.4 is 0 Å². The van der Waals surface area contributed by atoms with Crippen LogP contribution in [0.2, 0.25) is 0 Å². The molecule has 0 aliphatic heterocycles. The van der Waals surface area contributed by atoms with E-state index in [-0.39, 0.29) is 5.78 Å². The molecule has 60 valence electrons. The number of ether oxygens (including phenoxy) is 1. The molecule has 0 spiro atoms. The van der Waals surface area contributed by atoms with E-state index in [9.17, 15) is 4.79 Å². The Hall–Kier alpha value is -0.740. The number of rotatable bonds is 3. The van der Waals surface area contributed by atoms with Gasteiger partial charge in [-0.1, -0.05) is 0 Å². The smallest absolute Gasteiger partial charge is 0.188 e. The number of nitrogens with zero attached hydrogens (tertiary/aromatic N) is 1. The van der Waals surface area contributed by atoms with Crippen LogP contribution >= 0.6 is 11.3 Å². The van der Waals surface area contributed by atoms with Gasteiger partial charge in [-0.05, 0) is 0 Å². The van der Waals surface area contributed by atoms with Crippen molar-refractivity contribution in [2.75, 3.05) is 7.11 Å². The molecule has 1 heterocycles. The van der Waals surface area contributed by atoms with Crippen molar-refractivity contribution in [3.8, 4) is 0 Å². The first-order valence-electron chi connectivity index (χ1n) is 3.18. The summed E-state index contributed by atoms with van der Waals surface area (Å²) in [5, 5.41) is 2.39. The second-order valence-electron chi connectivity index (χ2n) is 2.13. The molecule has 0 aromatic carbocycles. The summed E-state index contributed by atoms with van der Waals surface area (Å²) in [4.78, 5) is 14.8. The Morgan fingerprint density at radius 2 is 2.55 bits per heavy atom. The van der Waals surface area contributed by atoms with Crippen molar-refractivity contribution in [2.45, 2.75) is 13.5 Å². The molecule has 0 atom stereocenters. The van der Waals surface area contributed by atoms with Gasteiger partial charge in [0, 0.05) is 19.4 Å². The molecule has 0 amide bonds. The maximum absolute atomic E-state index is 10.8. The van der Waals surface area contributed by atoms with Gasteiger partial charge in [-0.25, -0.2) is 4.98 Å². The van der Waals surface area contributed by atoms with Gasteiger partial charge in [0.05, 0.1) is 12.3 Å². The van der Waals surface area contributed by atoms with E-state index in [4.69, 9.17) is 4.74 Å². The standard InChI is InChI=1S/C7H9NO2S/c1-5(9)7-8-6(3-10-2)4-11-7/h4H,3H2,1-2H3. The van der Waals surface area contributed by atoms with Gasteiger partial charge in [-0.15, -0.1) is 11.3 Å². The first-order valence-corrected chi connectivity index (χ1v) is 4.06. The van der Waals surface area contributed by atoms with E-state index in [0.29, 0.717) is 11.6 Å². The highest BCUT2D eigenvalue weighted by atomic mass is 32.1. The summed E-state index contributed by atoms with van der Waals surface area (Å²) in [5.74, 6) is 0.0114. The van der Waals surface area contributed by atoms with E-state index in [2.05, 4.69) is 4.98 Å². The van der Waals surface area contributed by atoms with Crippen LogP contribution in [0.5, 0.6) is 0 Å². The zero-order valence-electron chi connectivity index (χ0n) is 6.46. The summed E-state index contributed by atoms with van der Waals surface area (Å²) in [6.07, 6.45) is 0. The predicted molar refractivity (Wildman–Crippen MR) is 42.8 cm³/mol. The highest BCUT2D eigenvalue weighted by Gasteiger charge is 2.04. The molecule has 0 radical (unpaired) electrons. The number of Topliss-reactive ketones (excluding diaryl/α,β-unsaturated/α-hetero) is 1. The number of aromatic nitrogens is 1. The van der Waals surface area contributed by atoms with Crippen molar-refractivity contribution in [3.63, 3.8) is 0 Å². The fraction of sp³-hybridized carbons (Fsp3) is 0.429. The summed E-state index contributed by atoms with van der Waals surface area (Å²) in [6.45, 7) is 1.99. The fourth-order valence-electron chi connectivity index (χ4n) is 0.683. The molecule has 0 fully saturated rings. The summed E-state index contributed by atoms with van der Waals surface area (Å²) in [5.41, 5.74) is 0.822. The summed E-state index contributed by atoms with van der Waals surface area (Å²) in [7, 11) is 1.60. The number of ketones is 1. The molecule has 0 saturated carbocycles. The summed E-state index contributed by atoms with van der Waals surface area (Å²) >= 11 is 1.36. The zero-order chi connectivity index (χ0) is 8.27. The quantitative estimate of drug-likeness (QED) is 0.647. The monoisotopic (exact) mass is 171 g/mol. The van der Waals surface area contributed by atoms with E-state index < -0.39 is 0 Å². The third kappa shape index (κ3) is 2.10. The molecule has 0 saturated heterocycles. The Morgan fingerprint density at radius 3 is 3.00 bits per heavy atom. The van der Waals surface area contributed by atoms with Crippen LogP contribution in [0.15, 0.2) is 5.38 Å². The van der Waals surface area contributed by atoms with Crippen molar-refractivity contribution in [1.29, 1.82) is 0 Å². The topological polar surface area (TPSA) is 39.2 Å². The van der Waals surface area contributed by atoms with Gasteiger partial charge in [0.25, 0.3) is 0 Å². The van der Waals surface area contributed by atoms with Gasteiger partial charge in [0.15, 0.2) is 10.8 Å². The average molecular weight is 171 g/mol. The second-order valence-corrected chi connectivity index (χ2v) is 2.99. The maximum Gasteiger partial charge on any atom is 0.188 e. The number of thiazole rings is 1. The molecule has 0 aliphatic rings. The predicted octanol–water partition coefficient (Wildman–Crippen LogP) is 1.49. The van der Waals surface area contributed by atoms with E-state index in [1.165, 1.54) is 18.3 Å². The lowest BCUT2D eigenvalue weighted by Crippen LogP contribution is -1.92. The van der Waals surface area contributed by atoms with Crippen molar-refractivity contribution >= 4 is 17.1 Å². The molecule has 0 aliphatic carbocycles. The summed E-state index contributed by atoms with van der Waals surface area (Å²) in [6, 6.07) is 0. The first kappa shape index (κ1) is 8.36. The van der Waals surface area contributed by atoms with Crippen LogP contribution in [-0.4, -0.2) is 17.9 Å². The highest BCUT2D eigenvalue weighted by molar-refractivity contribution is 7.11. The van der Waals surface area contributed by atoms with Crippen LogP contribution in [0.1, 0.15) is 22.4 Å². The Labute approximate surface area is 69.0 Å². The van der Waals surface area contributed by atoms with Crippen LogP contribution in [0.25, 0.3) is 0 Å². The summed E-state index contributed by atoms with van der Waals surface area (Å²) < 4.78 is 4.85. The van der Waals surface area contributed by atoms with E-state index in [1.54, 1.807) is 7.11 Å². The Balaban J connectivity index is 2.73. The molecule has 1 rings (SSSR count). The minimum absolute atomic E-state index is 0.0114.